The van der Waals surface area contributed by atoms with Crippen LogP contribution in [0, 0.1) is 17.8 Å². The van der Waals surface area contributed by atoms with E-state index < -0.39 is 0 Å². The number of hydrogen-bond donors (Lipinski definition) is 0. The molecular weight excluding hydrogens is 324 g/mol. The second kappa shape index (κ2) is 6.02. The lowest BCUT2D eigenvalue weighted by Gasteiger charge is -2.38. The van der Waals surface area contributed by atoms with Gasteiger partial charge in [-0.3, -0.25) is 9.59 Å². The number of likely N-dealkylation sites (tertiary alicyclic amines) is 1. The van der Waals surface area contributed by atoms with Crippen molar-refractivity contribution >= 4 is 17.4 Å². The molecule has 1 amide bonds. The summed E-state index contributed by atoms with van der Waals surface area (Å²) in [5.74, 6) is 2.61. The van der Waals surface area contributed by atoms with Gasteiger partial charge in [-0.25, -0.2) is 0 Å². The quantitative estimate of drug-likeness (QED) is 0.772. The number of Topliss-reactive ketones (excluding diaryl/α,β-unsaturated/α-hetero) is 1. The van der Waals surface area contributed by atoms with Gasteiger partial charge in [-0.15, -0.1) is 6.42 Å². The van der Waals surface area contributed by atoms with Crippen molar-refractivity contribution < 1.29 is 9.59 Å². The van der Waals surface area contributed by atoms with Gasteiger partial charge >= 0.3 is 0 Å². The fourth-order valence-corrected chi connectivity index (χ4v) is 4.23. The second-order valence-electron chi connectivity index (χ2n) is 8.03. The summed E-state index contributed by atoms with van der Waals surface area (Å²) in [5, 5.41) is 0. The molecule has 26 heavy (non-hydrogen) atoms. The van der Waals surface area contributed by atoms with Crippen molar-refractivity contribution in [1.82, 2.24) is 9.80 Å². The molecule has 0 aromatic heterocycles. The van der Waals surface area contributed by atoms with E-state index in [4.69, 9.17) is 6.42 Å². The number of allylic oxidation sites excluding steroid dienone is 1. The predicted molar refractivity (Wildman–Crippen MR) is 101 cm³/mol. The first-order valence-corrected chi connectivity index (χ1v) is 9.28. The van der Waals surface area contributed by atoms with E-state index in [-0.39, 0.29) is 11.7 Å². The predicted octanol–water partition coefficient (Wildman–Crippen LogP) is 2.73. The zero-order valence-electron chi connectivity index (χ0n) is 15.5. The van der Waals surface area contributed by atoms with Gasteiger partial charge in [0.2, 0.25) is 0 Å². The van der Waals surface area contributed by atoms with Gasteiger partial charge in [-0.1, -0.05) is 12.0 Å². The van der Waals surface area contributed by atoms with E-state index >= 15 is 0 Å². The van der Waals surface area contributed by atoms with E-state index in [1.54, 1.807) is 19.0 Å². The molecule has 1 aromatic rings. The lowest BCUT2D eigenvalue weighted by molar-refractivity contribution is -0.114. The summed E-state index contributed by atoms with van der Waals surface area (Å²) in [6.07, 6.45) is 11.0. The number of carbonyl (C=O) groups is 2. The fraction of sp³-hybridized carbons (Fsp3) is 0.455. The molecular formula is C22H24N2O2. The Morgan fingerprint density at radius 3 is 2.46 bits per heavy atom. The van der Waals surface area contributed by atoms with Crippen LogP contribution in [0.1, 0.15) is 47.2 Å². The van der Waals surface area contributed by atoms with Crippen LogP contribution in [-0.4, -0.2) is 48.7 Å². The number of terminal acetylenes is 1. The summed E-state index contributed by atoms with van der Waals surface area (Å²) < 4.78 is 0. The maximum atomic E-state index is 12.6. The zero-order valence-corrected chi connectivity index (χ0v) is 15.5. The number of nitrogens with zero attached hydrogens (tertiary/aromatic N) is 2. The Hall–Kier alpha value is -2.54. The minimum absolute atomic E-state index is 0.00777. The second-order valence-corrected chi connectivity index (χ2v) is 8.03. The lowest BCUT2D eigenvalue weighted by Crippen LogP contribution is -2.36. The molecule has 0 bridgehead atoms. The van der Waals surface area contributed by atoms with Crippen LogP contribution in [0.5, 0.6) is 0 Å². The van der Waals surface area contributed by atoms with Crippen LogP contribution in [-0.2, 0) is 11.2 Å². The molecule has 0 atom stereocenters. The van der Waals surface area contributed by atoms with Crippen LogP contribution in [0.4, 0.5) is 0 Å². The molecule has 0 N–H and O–H groups in total. The maximum absolute atomic E-state index is 12.6. The highest BCUT2D eigenvalue weighted by Crippen LogP contribution is 2.54. The SMILES string of the molecule is C#CC1=C(N2CCC3(CC2)CC3)c2cc(C(=O)N(C)C)ccc2CC1=O. The highest BCUT2D eigenvalue weighted by Gasteiger charge is 2.45. The van der Waals surface area contributed by atoms with Crippen molar-refractivity contribution in [2.24, 2.45) is 5.41 Å². The molecule has 134 valence electrons. The Labute approximate surface area is 154 Å². The van der Waals surface area contributed by atoms with Gasteiger partial charge in [0, 0.05) is 44.7 Å². The third-order valence-corrected chi connectivity index (χ3v) is 6.13. The molecule has 1 aromatic carbocycles. The molecule has 2 fully saturated rings. The molecule has 1 spiro atoms. The molecule has 1 heterocycles. The number of hydrogen-bond acceptors (Lipinski definition) is 3. The smallest absolute Gasteiger partial charge is 0.253 e. The van der Waals surface area contributed by atoms with Crippen LogP contribution < -0.4 is 0 Å². The molecule has 1 saturated heterocycles. The molecule has 3 aliphatic rings. The van der Waals surface area contributed by atoms with Gasteiger partial charge < -0.3 is 9.80 Å². The van der Waals surface area contributed by atoms with Gasteiger partial charge in [0.15, 0.2) is 5.78 Å². The van der Waals surface area contributed by atoms with E-state index in [0.717, 1.165) is 42.8 Å². The minimum Gasteiger partial charge on any atom is -0.370 e. The molecule has 1 saturated carbocycles. The first-order valence-electron chi connectivity index (χ1n) is 9.28. The number of ketones is 1. The number of rotatable bonds is 2. The number of carbonyl (C=O) groups excluding carboxylic acids is 2. The molecule has 4 nitrogen and oxygen atoms in total. The Kier molecular flexibility index (Phi) is 3.91. The van der Waals surface area contributed by atoms with Crippen molar-refractivity contribution in [2.45, 2.75) is 32.1 Å². The molecule has 0 radical (unpaired) electrons. The molecule has 0 unspecified atom stereocenters. The van der Waals surface area contributed by atoms with Crippen molar-refractivity contribution in [3.63, 3.8) is 0 Å². The van der Waals surface area contributed by atoms with Crippen LogP contribution in [0.25, 0.3) is 5.70 Å². The van der Waals surface area contributed by atoms with Crippen molar-refractivity contribution in [3.05, 3.63) is 40.5 Å². The van der Waals surface area contributed by atoms with Crippen LogP contribution in [0.3, 0.4) is 0 Å². The van der Waals surface area contributed by atoms with E-state index in [1.165, 1.54) is 12.8 Å². The summed E-state index contributed by atoms with van der Waals surface area (Å²) in [6.45, 7) is 1.86. The summed E-state index contributed by atoms with van der Waals surface area (Å²) in [7, 11) is 3.49. The van der Waals surface area contributed by atoms with Gasteiger partial charge in [0.05, 0.1) is 11.3 Å². The van der Waals surface area contributed by atoms with Crippen molar-refractivity contribution in [1.29, 1.82) is 0 Å². The molecule has 1 aliphatic heterocycles. The molecule has 4 rings (SSSR count). The first-order chi connectivity index (χ1) is 12.4. The van der Waals surface area contributed by atoms with E-state index in [2.05, 4.69) is 10.8 Å². The minimum atomic E-state index is -0.0399. The highest BCUT2D eigenvalue weighted by molar-refractivity contribution is 6.10. The third-order valence-electron chi connectivity index (χ3n) is 6.13. The lowest BCUT2D eigenvalue weighted by atomic mass is 9.85. The van der Waals surface area contributed by atoms with Gasteiger partial charge in [-0.05, 0) is 48.8 Å². The third kappa shape index (κ3) is 2.72. The van der Waals surface area contributed by atoms with Crippen LogP contribution in [0.2, 0.25) is 0 Å². The average Bonchev–Trinajstić information content (AvgIpc) is 3.39. The van der Waals surface area contributed by atoms with Crippen molar-refractivity contribution in [3.8, 4) is 12.3 Å². The Morgan fingerprint density at radius 1 is 1.19 bits per heavy atom. The summed E-state index contributed by atoms with van der Waals surface area (Å²) in [5.41, 5.74) is 4.44. The molecule has 4 heteroatoms. The Morgan fingerprint density at radius 2 is 1.88 bits per heavy atom. The standard InChI is InChI=1S/C22H24N2O2/c1-4-17-19(25)14-15-5-6-16(21(26)23(2)3)13-18(15)20(17)24-11-9-22(7-8-22)10-12-24/h1,5-6,13H,7-12,14H2,2-3H3. The van der Waals surface area contributed by atoms with Gasteiger partial charge in [0.1, 0.15) is 0 Å². The number of piperidine rings is 1. The van der Waals surface area contributed by atoms with E-state index in [9.17, 15) is 9.59 Å². The fourth-order valence-electron chi connectivity index (χ4n) is 4.23. The first kappa shape index (κ1) is 16.9. The monoisotopic (exact) mass is 348 g/mol. The van der Waals surface area contributed by atoms with Gasteiger partial charge in [0.25, 0.3) is 5.91 Å². The zero-order chi connectivity index (χ0) is 18.5. The number of fused-ring (bicyclic) bond motifs is 1. The summed E-state index contributed by atoms with van der Waals surface area (Å²) >= 11 is 0. The van der Waals surface area contributed by atoms with E-state index in [0.29, 0.717) is 23.0 Å². The summed E-state index contributed by atoms with van der Waals surface area (Å²) in [4.78, 5) is 28.9. The van der Waals surface area contributed by atoms with Crippen molar-refractivity contribution in [2.75, 3.05) is 27.2 Å². The highest BCUT2D eigenvalue weighted by atomic mass is 16.2. The molecule has 2 aliphatic carbocycles. The van der Waals surface area contributed by atoms with E-state index in [1.807, 2.05) is 18.2 Å². The largest absolute Gasteiger partial charge is 0.370 e. The number of amides is 1. The summed E-state index contributed by atoms with van der Waals surface area (Å²) in [6, 6.07) is 5.63. The van der Waals surface area contributed by atoms with Crippen LogP contribution >= 0.6 is 0 Å². The number of benzene rings is 1. The topological polar surface area (TPSA) is 40.6 Å². The Bertz CT molecular complexity index is 859. The van der Waals surface area contributed by atoms with Gasteiger partial charge in [-0.2, -0.15) is 0 Å². The maximum Gasteiger partial charge on any atom is 0.253 e. The average molecular weight is 348 g/mol. The Balaban J connectivity index is 1.77. The van der Waals surface area contributed by atoms with Crippen LogP contribution in [0.15, 0.2) is 23.8 Å². The normalized spacial score (nSPS) is 20.7.